The van der Waals surface area contributed by atoms with E-state index in [1.165, 1.54) is 32.1 Å². The fourth-order valence-electron chi connectivity index (χ4n) is 2.78. The van der Waals surface area contributed by atoms with Gasteiger partial charge in [-0.1, -0.05) is 24.9 Å². The van der Waals surface area contributed by atoms with Gasteiger partial charge in [-0.05, 0) is 53.6 Å². The molecule has 0 N–H and O–H groups in total. The molecule has 0 aromatic carbocycles. The second kappa shape index (κ2) is 6.25. The zero-order valence-corrected chi connectivity index (χ0v) is 13.3. The lowest BCUT2D eigenvalue weighted by Crippen LogP contribution is -2.35. The quantitative estimate of drug-likeness (QED) is 0.783. The molecule has 0 bridgehead atoms. The topological polar surface area (TPSA) is 16.1 Å². The number of aromatic nitrogens is 1. The molecule has 0 unspecified atom stereocenters. The zero-order valence-electron chi connectivity index (χ0n) is 11.0. The van der Waals surface area contributed by atoms with Crippen molar-refractivity contribution in [3.63, 3.8) is 0 Å². The van der Waals surface area contributed by atoms with Crippen LogP contribution in [-0.4, -0.2) is 18.1 Å². The fourth-order valence-corrected chi connectivity index (χ4v) is 3.54. The second-order valence-electron chi connectivity index (χ2n) is 5.15. The Labute approximate surface area is 123 Å². The molecule has 1 aliphatic carbocycles. The third-order valence-corrected chi connectivity index (χ3v) is 4.78. The Balaban J connectivity index is 2.05. The zero-order chi connectivity index (χ0) is 13.1. The van der Waals surface area contributed by atoms with Crippen molar-refractivity contribution < 1.29 is 0 Å². The van der Waals surface area contributed by atoms with Gasteiger partial charge < -0.3 is 4.90 Å². The van der Waals surface area contributed by atoms with Crippen molar-refractivity contribution in [1.29, 1.82) is 0 Å². The Morgan fingerprint density at radius 2 is 2.06 bits per heavy atom. The minimum Gasteiger partial charge on any atom is -0.355 e. The van der Waals surface area contributed by atoms with Gasteiger partial charge in [0.05, 0.1) is 5.02 Å². The minimum absolute atomic E-state index is 0.582. The SMILES string of the molecule is CCC1CCC(N(C)c2ncc(Br)cc2Cl)CC1. The summed E-state index contributed by atoms with van der Waals surface area (Å²) < 4.78 is 0.930. The molecule has 1 heterocycles. The van der Waals surface area contributed by atoms with Gasteiger partial charge in [0.15, 0.2) is 0 Å². The van der Waals surface area contributed by atoms with Crippen LogP contribution in [0.1, 0.15) is 39.0 Å². The van der Waals surface area contributed by atoms with Crippen LogP contribution in [0, 0.1) is 5.92 Å². The summed E-state index contributed by atoms with van der Waals surface area (Å²) in [5.41, 5.74) is 0. The third-order valence-electron chi connectivity index (χ3n) is 4.06. The van der Waals surface area contributed by atoms with Crippen LogP contribution in [0.5, 0.6) is 0 Å². The molecule has 2 rings (SSSR count). The number of halogens is 2. The fraction of sp³-hybridized carbons (Fsp3) is 0.643. The lowest BCUT2D eigenvalue weighted by Gasteiger charge is -2.35. The lowest BCUT2D eigenvalue weighted by atomic mass is 9.84. The van der Waals surface area contributed by atoms with E-state index in [9.17, 15) is 0 Å². The van der Waals surface area contributed by atoms with Crippen molar-refractivity contribution >= 4 is 33.3 Å². The van der Waals surface area contributed by atoms with Crippen LogP contribution >= 0.6 is 27.5 Å². The van der Waals surface area contributed by atoms with Crippen molar-refractivity contribution in [1.82, 2.24) is 4.98 Å². The average Bonchev–Trinajstić information content (AvgIpc) is 2.38. The second-order valence-corrected chi connectivity index (χ2v) is 6.48. The summed E-state index contributed by atoms with van der Waals surface area (Å²) in [5.74, 6) is 1.82. The standard InChI is InChI=1S/C14H20BrClN2/c1-3-10-4-6-12(7-5-10)18(2)14-13(16)8-11(15)9-17-14/h8-10,12H,3-7H2,1-2H3. The Morgan fingerprint density at radius 1 is 1.39 bits per heavy atom. The summed E-state index contributed by atoms with van der Waals surface area (Å²) in [6.45, 7) is 2.29. The maximum Gasteiger partial charge on any atom is 0.147 e. The van der Waals surface area contributed by atoms with Crippen molar-refractivity contribution in [2.24, 2.45) is 5.92 Å². The molecule has 0 spiro atoms. The van der Waals surface area contributed by atoms with E-state index < -0.39 is 0 Å². The lowest BCUT2D eigenvalue weighted by molar-refractivity contribution is 0.313. The number of rotatable bonds is 3. The van der Waals surface area contributed by atoms with Gasteiger partial charge >= 0.3 is 0 Å². The molecule has 1 saturated carbocycles. The Bertz CT molecular complexity index is 403. The van der Waals surface area contributed by atoms with Gasteiger partial charge in [-0.25, -0.2) is 4.98 Å². The summed E-state index contributed by atoms with van der Waals surface area (Å²) in [6.07, 6.45) is 8.30. The Kier molecular flexibility index (Phi) is 4.91. The number of nitrogens with zero attached hydrogens (tertiary/aromatic N) is 2. The normalized spacial score (nSPS) is 24.0. The molecule has 1 aliphatic rings. The highest BCUT2D eigenvalue weighted by Gasteiger charge is 2.24. The van der Waals surface area contributed by atoms with Crippen LogP contribution in [0.25, 0.3) is 0 Å². The van der Waals surface area contributed by atoms with Crippen LogP contribution in [0.2, 0.25) is 5.02 Å². The highest BCUT2D eigenvalue weighted by molar-refractivity contribution is 9.10. The molecule has 18 heavy (non-hydrogen) atoms. The van der Waals surface area contributed by atoms with Gasteiger partial charge in [-0.15, -0.1) is 0 Å². The molecule has 1 aromatic rings. The van der Waals surface area contributed by atoms with Gasteiger partial charge in [-0.3, -0.25) is 0 Å². The molecule has 0 aliphatic heterocycles. The van der Waals surface area contributed by atoms with Crippen molar-refractivity contribution in [3.05, 3.63) is 21.8 Å². The van der Waals surface area contributed by atoms with E-state index in [0.29, 0.717) is 6.04 Å². The molecule has 0 saturated heterocycles. The average molecular weight is 332 g/mol. The summed E-state index contributed by atoms with van der Waals surface area (Å²) in [5, 5.41) is 0.726. The molecule has 0 radical (unpaired) electrons. The van der Waals surface area contributed by atoms with E-state index in [0.717, 1.165) is 21.2 Å². The smallest absolute Gasteiger partial charge is 0.147 e. The van der Waals surface area contributed by atoms with Crippen LogP contribution in [0.3, 0.4) is 0 Å². The Hall–Kier alpha value is -0.280. The van der Waals surface area contributed by atoms with Gasteiger partial charge in [0.25, 0.3) is 0 Å². The summed E-state index contributed by atoms with van der Waals surface area (Å²) in [6, 6.07) is 2.50. The Morgan fingerprint density at radius 3 is 2.61 bits per heavy atom. The molecular weight excluding hydrogens is 312 g/mol. The first-order valence-electron chi connectivity index (χ1n) is 6.65. The molecule has 0 amide bonds. The van der Waals surface area contributed by atoms with E-state index >= 15 is 0 Å². The highest BCUT2D eigenvalue weighted by Crippen LogP contribution is 2.33. The van der Waals surface area contributed by atoms with E-state index in [4.69, 9.17) is 11.6 Å². The summed E-state index contributed by atoms with van der Waals surface area (Å²) in [7, 11) is 2.11. The first-order chi connectivity index (χ1) is 8.61. The first-order valence-corrected chi connectivity index (χ1v) is 7.82. The molecule has 0 atom stereocenters. The number of hydrogen-bond acceptors (Lipinski definition) is 2. The van der Waals surface area contributed by atoms with Crippen molar-refractivity contribution in [2.75, 3.05) is 11.9 Å². The molecule has 1 aromatic heterocycles. The van der Waals surface area contributed by atoms with Crippen LogP contribution in [0.4, 0.5) is 5.82 Å². The number of hydrogen-bond donors (Lipinski definition) is 0. The predicted octanol–water partition coefficient (Wildman–Crippen LogP) is 4.90. The van der Waals surface area contributed by atoms with Crippen LogP contribution < -0.4 is 4.90 Å². The molecular formula is C14H20BrClN2. The molecule has 100 valence electrons. The first kappa shape index (κ1) is 14.1. The number of pyridine rings is 1. The maximum absolute atomic E-state index is 6.27. The molecule has 4 heteroatoms. The van der Waals surface area contributed by atoms with Crippen LogP contribution in [-0.2, 0) is 0 Å². The summed E-state index contributed by atoms with van der Waals surface area (Å²) >= 11 is 9.66. The largest absolute Gasteiger partial charge is 0.355 e. The van der Waals surface area contributed by atoms with Gasteiger partial charge in [0.2, 0.25) is 0 Å². The van der Waals surface area contributed by atoms with Crippen molar-refractivity contribution in [3.8, 4) is 0 Å². The van der Waals surface area contributed by atoms with Gasteiger partial charge in [0.1, 0.15) is 5.82 Å². The number of anilines is 1. The van der Waals surface area contributed by atoms with E-state index in [1.807, 2.05) is 12.3 Å². The van der Waals surface area contributed by atoms with E-state index in [1.54, 1.807) is 0 Å². The third kappa shape index (κ3) is 3.18. The van der Waals surface area contributed by atoms with Crippen molar-refractivity contribution in [2.45, 2.75) is 45.1 Å². The van der Waals surface area contributed by atoms with Gasteiger partial charge in [-0.2, -0.15) is 0 Å². The van der Waals surface area contributed by atoms with Crippen LogP contribution in [0.15, 0.2) is 16.7 Å². The maximum atomic E-state index is 6.27. The van der Waals surface area contributed by atoms with E-state index in [2.05, 4.69) is 39.8 Å². The molecule has 1 fully saturated rings. The minimum atomic E-state index is 0.582. The van der Waals surface area contributed by atoms with Gasteiger partial charge in [0, 0.05) is 23.8 Å². The highest BCUT2D eigenvalue weighted by atomic mass is 79.9. The molecule has 2 nitrogen and oxygen atoms in total. The monoisotopic (exact) mass is 330 g/mol. The summed E-state index contributed by atoms with van der Waals surface area (Å²) in [4.78, 5) is 6.69. The predicted molar refractivity (Wildman–Crippen MR) is 81.4 cm³/mol. The van der Waals surface area contributed by atoms with E-state index in [-0.39, 0.29) is 0 Å².